The van der Waals surface area contributed by atoms with Crippen molar-refractivity contribution in [3.63, 3.8) is 0 Å². The minimum atomic E-state index is -2.87. The molecule has 0 fully saturated rings. The van der Waals surface area contributed by atoms with Crippen LogP contribution in [-0.2, 0) is 31.9 Å². The number of aryl methyl sites for hydroxylation is 3. The number of para-hydroxylation sites is 2. The van der Waals surface area contributed by atoms with Gasteiger partial charge in [0.25, 0.3) is 0 Å². The molecule has 0 aliphatic rings. The topological polar surface area (TPSA) is 56.7 Å². The number of furan rings is 1. The van der Waals surface area contributed by atoms with Gasteiger partial charge >= 0.3 is 149 Å². The minimum Gasteiger partial charge on any atom is 0 e. The number of hydrogen-bond donors (Lipinski definition) is 0. The van der Waals surface area contributed by atoms with E-state index in [-0.39, 0.29) is 54.3 Å². The number of hydrogen-bond acceptors (Lipinski definition) is 4. The third kappa shape index (κ3) is 9.87. The Balaban J connectivity index is 0.000000224. The van der Waals surface area contributed by atoms with Crippen molar-refractivity contribution >= 4 is 50.8 Å². The summed E-state index contributed by atoms with van der Waals surface area (Å²) < 4.78 is 73.5. The Labute approximate surface area is 414 Å². The van der Waals surface area contributed by atoms with Gasteiger partial charge in [0.1, 0.15) is 0 Å². The van der Waals surface area contributed by atoms with Crippen molar-refractivity contribution in [2.24, 2.45) is 5.92 Å². The van der Waals surface area contributed by atoms with E-state index in [9.17, 15) is 0 Å². The van der Waals surface area contributed by atoms with Crippen LogP contribution in [0.3, 0.4) is 0 Å². The maximum atomic E-state index is 8.72. The summed E-state index contributed by atoms with van der Waals surface area (Å²) in [6.45, 7) is 12.2. The van der Waals surface area contributed by atoms with Crippen LogP contribution in [0.1, 0.15) is 99.0 Å². The van der Waals surface area contributed by atoms with Gasteiger partial charge in [0, 0.05) is 42.4 Å². The van der Waals surface area contributed by atoms with Crippen molar-refractivity contribution < 1.29 is 35.5 Å². The van der Waals surface area contributed by atoms with Gasteiger partial charge < -0.3 is 8.98 Å². The molecule has 65 heavy (non-hydrogen) atoms. The van der Waals surface area contributed by atoms with Crippen LogP contribution in [0.4, 0.5) is 0 Å². The van der Waals surface area contributed by atoms with Crippen molar-refractivity contribution in [3.05, 3.63) is 161 Å². The van der Waals surface area contributed by atoms with Gasteiger partial charge in [0.15, 0.2) is 0 Å². The maximum Gasteiger partial charge on any atom is 0 e. The zero-order valence-corrected chi connectivity index (χ0v) is 43.6. The van der Waals surface area contributed by atoms with E-state index in [1.165, 1.54) is 34.4 Å². The van der Waals surface area contributed by atoms with Gasteiger partial charge in [0.05, 0.1) is 22.4 Å². The number of aromatic nitrogens is 4. The second-order valence-electron chi connectivity index (χ2n) is 19.3. The van der Waals surface area contributed by atoms with Crippen LogP contribution in [0.2, 0.25) is 17.3 Å². The Morgan fingerprint density at radius 3 is 2.23 bits per heavy atom. The molecular weight excluding hydrogens is 1030 g/mol. The van der Waals surface area contributed by atoms with Gasteiger partial charge in [-0.1, -0.05) is 94.1 Å². The first-order valence-corrected chi connectivity index (χ1v) is 29.4. The molecule has 0 saturated carbocycles. The van der Waals surface area contributed by atoms with E-state index in [4.69, 9.17) is 20.4 Å². The summed E-state index contributed by atoms with van der Waals surface area (Å²) in [4.78, 5) is 14.4. The van der Waals surface area contributed by atoms with Crippen LogP contribution >= 0.6 is 0 Å². The largest absolute Gasteiger partial charge is 0 e. The summed E-state index contributed by atoms with van der Waals surface area (Å²) in [7, 11) is 0. The molecule has 0 spiro atoms. The molecule has 7 heteroatoms. The van der Waals surface area contributed by atoms with Crippen molar-refractivity contribution in [1.29, 1.82) is 0 Å². The molecule has 0 aliphatic carbocycles. The van der Waals surface area contributed by atoms with Crippen LogP contribution in [0.15, 0.2) is 120 Å². The zero-order valence-electron chi connectivity index (χ0n) is 47.2. The molecule has 335 valence electrons. The second-order valence-corrected chi connectivity index (χ2v) is 29.8. The SMILES string of the molecule is Cc1ccc2c(n1)oc1c(-c3nc4ccccc4n3-c3c(-c4ccccc4)cc(C(C)(C)C)cc3C(C)C)[c-]ccc12.[2H]C([2H])([2H])c1c[c-]c(-c2cc(C([2H])([2H])C(C)C)[c]([Ge]([CH3])([CH3])[CH3])c(C([2H])([2H])[2H])n2)cc1.[Ir]. The van der Waals surface area contributed by atoms with E-state index in [1.807, 2.05) is 42.4 Å². The summed E-state index contributed by atoms with van der Waals surface area (Å²) in [5, 5.41) is 2.01. The third-order valence-corrected chi connectivity index (χ3v) is 15.7. The summed E-state index contributed by atoms with van der Waals surface area (Å²) >= 11 is -2.87. The first-order chi connectivity index (χ1) is 33.6. The molecule has 5 aromatic carbocycles. The van der Waals surface area contributed by atoms with E-state index in [0.717, 1.165) is 50.2 Å². The summed E-state index contributed by atoms with van der Waals surface area (Å²) in [6, 6.07) is 44.4. The molecular formula is C58H62GeIrN4O-2. The van der Waals surface area contributed by atoms with Gasteiger partial charge in [-0.3, -0.25) is 4.98 Å². The summed E-state index contributed by atoms with van der Waals surface area (Å²) in [5.74, 6) is 6.80. The first kappa shape index (κ1) is 38.0. The van der Waals surface area contributed by atoms with E-state index >= 15 is 0 Å². The summed E-state index contributed by atoms with van der Waals surface area (Å²) in [6.07, 6.45) is -1.75. The van der Waals surface area contributed by atoms with Gasteiger partial charge in [0.2, 0.25) is 5.71 Å². The van der Waals surface area contributed by atoms with E-state index in [0.29, 0.717) is 21.2 Å². The molecule has 4 aromatic heterocycles. The molecule has 1 radical (unpaired) electrons. The average molecular weight is 1100 g/mol. The fraction of sp³-hybridized carbons (Fsp3) is 0.293. The fourth-order valence-electron chi connectivity index (χ4n) is 8.37. The van der Waals surface area contributed by atoms with Crippen molar-refractivity contribution in [2.75, 3.05) is 0 Å². The molecule has 5 nitrogen and oxygen atoms in total. The molecule has 0 aliphatic heterocycles. The standard InChI is InChI=1S/C38H34N3O.C20H28GeN.Ir/c1-23(2)30-21-26(38(4,5)6)22-31(25-13-8-7-9-14-25)34(30)41-33-18-11-10-17-32(33)40-36(41)29-16-12-15-27-28-20-19-24(3)39-37(28)42-35(27)29;1-14(2)12-18-13-19(17-10-8-15(3)9-11-17)22-16(4)20(18)21(5,6)7;/h7-15,17-23H,1-6H3;8-10,13-14H,12H2,1-7H3;/q2*-1;/i;3D3,4D3,12D2;. The van der Waals surface area contributed by atoms with Crippen LogP contribution in [0, 0.1) is 38.7 Å². The maximum absolute atomic E-state index is 8.72. The molecule has 0 bridgehead atoms. The third-order valence-electron chi connectivity index (χ3n) is 11.5. The molecule has 0 N–H and O–H groups in total. The number of benzene rings is 5. The molecule has 0 saturated heterocycles. The second kappa shape index (κ2) is 19.0. The van der Waals surface area contributed by atoms with Gasteiger partial charge in [-0.05, 0) is 65.3 Å². The van der Waals surface area contributed by atoms with Crippen molar-refractivity contribution in [3.8, 4) is 39.5 Å². The van der Waals surface area contributed by atoms with Crippen LogP contribution in [0.5, 0.6) is 0 Å². The molecule has 4 heterocycles. The Hall–Kier alpha value is -5.14. The van der Waals surface area contributed by atoms with Crippen LogP contribution in [0.25, 0.3) is 72.6 Å². The molecule has 0 unspecified atom stereocenters. The average Bonchev–Trinajstić information content (AvgIpc) is 3.88. The van der Waals surface area contributed by atoms with E-state index < -0.39 is 33.3 Å². The smallest absolute Gasteiger partial charge is 0 e. The Morgan fingerprint density at radius 1 is 0.815 bits per heavy atom. The zero-order chi connectivity index (χ0) is 52.5. The van der Waals surface area contributed by atoms with Crippen molar-refractivity contribution in [1.82, 2.24) is 19.5 Å². The Bertz CT molecular complexity index is 3460. The number of rotatable bonds is 8. The predicted octanol–water partition coefficient (Wildman–Crippen LogP) is 15.1. The minimum absolute atomic E-state index is 0. The van der Waals surface area contributed by atoms with E-state index in [2.05, 4.69) is 134 Å². The number of pyridine rings is 2. The van der Waals surface area contributed by atoms with Gasteiger partial charge in [-0.15, -0.1) is 18.2 Å². The normalized spacial score (nSPS) is 14.4. The Kier molecular flexibility index (Phi) is 11.1. The van der Waals surface area contributed by atoms with Gasteiger partial charge in [-0.25, -0.2) is 4.98 Å². The van der Waals surface area contributed by atoms with Crippen LogP contribution in [-0.4, -0.2) is 32.8 Å². The number of fused-ring (bicyclic) bond motifs is 4. The monoisotopic (exact) mass is 1110 g/mol. The summed E-state index contributed by atoms with van der Waals surface area (Å²) in [5.41, 5.74) is 12.4. The quantitative estimate of drug-likeness (QED) is 0.112. The number of imidazole rings is 1. The molecule has 9 aromatic rings. The predicted molar refractivity (Wildman–Crippen MR) is 273 cm³/mol. The van der Waals surface area contributed by atoms with Crippen molar-refractivity contribution in [2.45, 2.75) is 104 Å². The van der Waals surface area contributed by atoms with Crippen LogP contribution < -0.4 is 4.40 Å². The molecule has 9 rings (SSSR count). The molecule has 0 atom stereocenters. The first-order valence-electron chi connectivity index (χ1n) is 26.1. The van der Waals surface area contributed by atoms with E-state index in [1.54, 1.807) is 26.0 Å². The molecule has 0 amide bonds. The fourth-order valence-corrected chi connectivity index (χ4v) is 12.0. The Morgan fingerprint density at radius 2 is 1.57 bits per heavy atom. The van der Waals surface area contributed by atoms with Gasteiger partial charge in [-0.2, -0.15) is 0 Å². The number of nitrogens with zero attached hydrogens (tertiary/aromatic N) is 4.